The summed E-state index contributed by atoms with van der Waals surface area (Å²) in [6.07, 6.45) is 3.63. The number of anilines is 2. The van der Waals surface area contributed by atoms with E-state index in [0.717, 1.165) is 24.2 Å². The molecule has 0 spiro atoms. The molecule has 3 heterocycles. The highest BCUT2D eigenvalue weighted by Crippen LogP contribution is 2.41. The van der Waals surface area contributed by atoms with Crippen LogP contribution in [0, 0.1) is 0 Å². The van der Waals surface area contributed by atoms with Crippen molar-refractivity contribution in [3.05, 3.63) is 24.5 Å². The van der Waals surface area contributed by atoms with Crippen LogP contribution in [0.25, 0.3) is 11.1 Å². The van der Waals surface area contributed by atoms with Crippen molar-refractivity contribution in [2.45, 2.75) is 24.3 Å². The van der Waals surface area contributed by atoms with E-state index < -0.39 is 0 Å². The average molecular weight is 306 g/mol. The van der Waals surface area contributed by atoms with E-state index in [1.807, 2.05) is 30.1 Å². The Morgan fingerprint density at radius 1 is 1.30 bits per heavy atom. The van der Waals surface area contributed by atoms with E-state index in [1.54, 1.807) is 6.20 Å². The minimum Gasteiger partial charge on any atom is -0.382 e. The molecule has 2 atom stereocenters. The quantitative estimate of drug-likeness (QED) is 0.924. The molecule has 0 aliphatic carbocycles. The van der Waals surface area contributed by atoms with Gasteiger partial charge >= 0.3 is 0 Å². The van der Waals surface area contributed by atoms with Gasteiger partial charge in [0.05, 0.1) is 5.56 Å². The third kappa shape index (κ3) is 2.62. The summed E-state index contributed by atoms with van der Waals surface area (Å²) >= 11 is 3.54. The van der Waals surface area contributed by atoms with Crippen molar-refractivity contribution in [3.63, 3.8) is 0 Å². The van der Waals surface area contributed by atoms with Crippen LogP contribution < -0.4 is 10.6 Å². The zero-order valence-electron chi connectivity index (χ0n) is 11.6. The number of nitrogens with two attached hydrogens (primary N) is 1. The maximum Gasteiger partial charge on any atom is 0.147 e. The maximum absolute atomic E-state index is 6.09. The maximum atomic E-state index is 6.09. The van der Waals surface area contributed by atoms with Gasteiger partial charge in [-0.2, -0.15) is 16.1 Å². The number of thioether (sulfide) groups is 1. The third-order valence-corrected chi connectivity index (χ3v) is 5.51. The van der Waals surface area contributed by atoms with E-state index in [4.69, 9.17) is 5.73 Å². The van der Waals surface area contributed by atoms with Crippen molar-refractivity contribution in [1.29, 1.82) is 0 Å². The number of rotatable bonds is 2. The Hall–Kier alpha value is -1.27. The standard InChI is InChI=1S/C14H18N4S2/c1-9-7-18(8-10(2)19-9)14-12(13(15)17-20-14)11-4-3-5-16-6-11/h3-6,9-10H,7-8H2,1-2H3,(H2,15,17). The van der Waals surface area contributed by atoms with Gasteiger partial charge in [-0.1, -0.05) is 19.9 Å². The Labute approximate surface area is 127 Å². The first-order valence-corrected chi connectivity index (χ1v) is 8.42. The van der Waals surface area contributed by atoms with Crippen molar-refractivity contribution in [2.75, 3.05) is 23.7 Å². The lowest BCUT2D eigenvalue weighted by atomic mass is 10.1. The molecule has 0 aromatic carbocycles. The molecule has 2 N–H and O–H groups in total. The molecule has 2 aromatic heterocycles. The fourth-order valence-electron chi connectivity index (χ4n) is 2.63. The molecular weight excluding hydrogens is 288 g/mol. The molecule has 3 rings (SSSR count). The van der Waals surface area contributed by atoms with Gasteiger partial charge in [-0.05, 0) is 17.6 Å². The van der Waals surface area contributed by atoms with Crippen LogP contribution in [0.5, 0.6) is 0 Å². The minimum atomic E-state index is 0.608. The van der Waals surface area contributed by atoms with E-state index in [-0.39, 0.29) is 0 Å². The summed E-state index contributed by atoms with van der Waals surface area (Å²) in [5, 5.41) is 2.43. The zero-order valence-corrected chi connectivity index (χ0v) is 13.2. The number of pyridine rings is 1. The summed E-state index contributed by atoms with van der Waals surface area (Å²) in [6.45, 7) is 6.65. The number of nitrogen functional groups attached to an aromatic ring is 1. The Bertz CT molecular complexity index is 574. The van der Waals surface area contributed by atoms with Crippen molar-refractivity contribution in [2.24, 2.45) is 0 Å². The number of hydrogen-bond acceptors (Lipinski definition) is 6. The molecule has 1 saturated heterocycles. The van der Waals surface area contributed by atoms with Crippen LogP contribution in [-0.4, -0.2) is 32.9 Å². The lowest BCUT2D eigenvalue weighted by Gasteiger charge is -2.35. The van der Waals surface area contributed by atoms with E-state index in [1.165, 1.54) is 16.5 Å². The van der Waals surface area contributed by atoms with Crippen LogP contribution in [0.4, 0.5) is 10.8 Å². The lowest BCUT2D eigenvalue weighted by Crippen LogP contribution is -2.40. The summed E-state index contributed by atoms with van der Waals surface area (Å²) in [7, 11) is 0. The summed E-state index contributed by atoms with van der Waals surface area (Å²) in [4.78, 5) is 6.62. The fraction of sp³-hybridized carbons (Fsp3) is 0.429. The minimum absolute atomic E-state index is 0.608. The van der Waals surface area contributed by atoms with Crippen LogP contribution in [0.2, 0.25) is 0 Å². The van der Waals surface area contributed by atoms with E-state index in [9.17, 15) is 0 Å². The summed E-state index contributed by atoms with van der Waals surface area (Å²) in [5.74, 6) is 0.608. The molecule has 0 amide bonds. The average Bonchev–Trinajstić information content (AvgIpc) is 2.80. The molecule has 2 aromatic rings. The smallest absolute Gasteiger partial charge is 0.147 e. The van der Waals surface area contributed by atoms with Gasteiger partial charge < -0.3 is 10.6 Å². The number of nitrogens with zero attached hydrogens (tertiary/aromatic N) is 3. The molecule has 6 heteroatoms. The second-order valence-electron chi connectivity index (χ2n) is 5.15. The van der Waals surface area contributed by atoms with Crippen molar-refractivity contribution >= 4 is 34.1 Å². The summed E-state index contributed by atoms with van der Waals surface area (Å²) in [6, 6.07) is 3.98. The SMILES string of the molecule is CC1CN(c2snc(N)c2-c2cccnc2)CC(C)S1. The molecule has 0 bridgehead atoms. The topological polar surface area (TPSA) is 55.0 Å². The van der Waals surface area contributed by atoms with Gasteiger partial charge in [0.2, 0.25) is 0 Å². The zero-order chi connectivity index (χ0) is 14.1. The van der Waals surface area contributed by atoms with Crippen molar-refractivity contribution < 1.29 is 0 Å². The van der Waals surface area contributed by atoms with Crippen molar-refractivity contribution in [3.8, 4) is 11.1 Å². The first-order valence-electron chi connectivity index (χ1n) is 6.71. The van der Waals surface area contributed by atoms with Crippen LogP contribution in [0.15, 0.2) is 24.5 Å². The highest BCUT2D eigenvalue weighted by atomic mass is 32.2. The molecular formula is C14H18N4S2. The van der Waals surface area contributed by atoms with Gasteiger partial charge in [0.25, 0.3) is 0 Å². The molecule has 1 aliphatic heterocycles. The highest BCUT2D eigenvalue weighted by molar-refractivity contribution is 8.00. The summed E-state index contributed by atoms with van der Waals surface area (Å²) in [5.41, 5.74) is 8.17. The number of aromatic nitrogens is 2. The molecule has 4 nitrogen and oxygen atoms in total. The van der Waals surface area contributed by atoms with Crippen LogP contribution in [-0.2, 0) is 0 Å². The Kier molecular flexibility index (Phi) is 3.85. The Morgan fingerprint density at radius 3 is 2.70 bits per heavy atom. The number of hydrogen-bond donors (Lipinski definition) is 1. The fourth-order valence-corrected chi connectivity index (χ4v) is 4.81. The normalized spacial score (nSPS) is 23.0. The predicted octanol–water partition coefficient (Wildman–Crippen LogP) is 3.12. The second-order valence-corrected chi connectivity index (χ2v) is 7.79. The lowest BCUT2D eigenvalue weighted by molar-refractivity contribution is 0.734. The van der Waals surface area contributed by atoms with Crippen LogP contribution >= 0.6 is 23.3 Å². The molecule has 0 radical (unpaired) electrons. The molecule has 1 aliphatic rings. The van der Waals surface area contributed by atoms with Gasteiger partial charge in [-0.15, -0.1) is 0 Å². The first kappa shape index (κ1) is 13.7. The van der Waals surface area contributed by atoms with Gasteiger partial charge in [0, 0.05) is 41.5 Å². The Morgan fingerprint density at radius 2 is 2.05 bits per heavy atom. The van der Waals surface area contributed by atoms with Gasteiger partial charge in [0.1, 0.15) is 10.8 Å². The molecule has 106 valence electrons. The molecule has 2 unspecified atom stereocenters. The molecule has 20 heavy (non-hydrogen) atoms. The third-order valence-electron chi connectivity index (χ3n) is 3.36. The van der Waals surface area contributed by atoms with Crippen LogP contribution in [0.3, 0.4) is 0 Å². The van der Waals surface area contributed by atoms with Gasteiger partial charge in [0.15, 0.2) is 0 Å². The van der Waals surface area contributed by atoms with Gasteiger partial charge in [-0.25, -0.2) is 0 Å². The Balaban J connectivity index is 1.99. The van der Waals surface area contributed by atoms with Gasteiger partial charge in [-0.3, -0.25) is 4.98 Å². The molecule has 1 fully saturated rings. The van der Waals surface area contributed by atoms with E-state index >= 15 is 0 Å². The second kappa shape index (κ2) is 5.61. The van der Waals surface area contributed by atoms with E-state index in [0.29, 0.717) is 16.3 Å². The molecule has 0 saturated carbocycles. The largest absolute Gasteiger partial charge is 0.382 e. The van der Waals surface area contributed by atoms with E-state index in [2.05, 4.69) is 28.1 Å². The first-order chi connectivity index (χ1) is 9.65. The highest BCUT2D eigenvalue weighted by Gasteiger charge is 2.27. The van der Waals surface area contributed by atoms with Crippen LogP contribution in [0.1, 0.15) is 13.8 Å². The predicted molar refractivity (Wildman–Crippen MR) is 88.5 cm³/mol. The van der Waals surface area contributed by atoms with Crippen molar-refractivity contribution in [1.82, 2.24) is 9.36 Å². The summed E-state index contributed by atoms with van der Waals surface area (Å²) < 4.78 is 4.36. The monoisotopic (exact) mass is 306 g/mol.